The third kappa shape index (κ3) is 0.806. The normalized spacial score (nSPS) is 8.57. The molecular formula is C3H4N2OS. The topological polar surface area (TPSA) is 48.6 Å². The zero-order valence-corrected chi connectivity index (χ0v) is 4.29. The first-order chi connectivity index (χ1) is 3.43. The minimum atomic E-state index is 0.414. The zero-order chi connectivity index (χ0) is 5.11. The van der Waals surface area contributed by atoms with E-state index in [2.05, 4.69) is 9.97 Å². The fraction of sp³-hybridized carbons (Fsp3) is 0. The third-order valence-corrected chi connectivity index (χ3v) is 0.998. The van der Waals surface area contributed by atoms with Crippen LogP contribution in [-0.2, 0) is 11.3 Å². The van der Waals surface area contributed by atoms with Gasteiger partial charge in [-0.25, -0.2) is 4.21 Å². The van der Waals surface area contributed by atoms with Gasteiger partial charge in [-0.2, -0.15) is 0 Å². The molecule has 4 heteroatoms. The molecule has 0 aliphatic rings. The minimum Gasteiger partial charge on any atom is -0.336 e. The van der Waals surface area contributed by atoms with Crippen molar-refractivity contribution in [2.75, 3.05) is 0 Å². The maximum Gasteiger partial charge on any atom is 0.204 e. The third-order valence-electron chi connectivity index (χ3n) is 0.596. The van der Waals surface area contributed by atoms with Crippen molar-refractivity contribution in [2.24, 2.45) is 0 Å². The first-order valence-corrected chi connectivity index (χ1v) is 2.52. The van der Waals surface area contributed by atoms with Gasteiger partial charge in [-0.1, -0.05) is 0 Å². The highest BCUT2D eigenvalue weighted by Crippen LogP contribution is 1.69. The summed E-state index contributed by atoms with van der Waals surface area (Å²) in [6.45, 7) is 0. The molecule has 7 heavy (non-hydrogen) atoms. The smallest absolute Gasteiger partial charge is 0.204 e. The summed E-state index contributed by atoms with van der Waals surface area (Å²) >= 11 is 0.414. The number of H-pyrrole nitrogens is 2. The quantitative estimate of drug-likeness (QED) is 0.463. The van der Waals surface area contributed by atoms with E-state index >= 15 is 0 Å². The Morgan fingerprint density at radius 3 is 2.29 bits per heavy atom. The van der Waals surface area contributed by atoms with Crippen LogP contribution >= 0.6 is 0 Å². The second-order valence-corrected chi connectivity index (χ2v) is 1.61. The molecule has 1 heterocycles. The van der Waals surface area contributed by atoms with Gasteiger partial charge in [0, 0.05) is 12.4 Å². The summed E-state index contributed by atoms with van der Waals surface area (Å²) < 4.78 is 10.4. The number of hydrogen-bond acceptors (Lipinski definition) is 1. The van der Waals surface area contributed by atoms with Crippen molar-refractivity contribution in [1.29, 1.82) is 0 Å². The molecule has 0 spiro atoms. The number of rotatable bonds is 0. The largest absolute Gasteiger partial charge is 0.336 e. The minimum absolute atomic E-state index is 0.414. The molecule has 3 nitrogen and oxygen atoms in total. The van der Waals surface area contributed by atoms with Crippen LogP contribution in [0.25, 0.3) is 0 Å². The number of imidazole rings is 1. The number of hydrogen-bond donors (Lipinski definition) is 2. The van der Waals surface area contributed by atoms with Gasteiger partial charge >= 0.3 is 0 Å². The van der Waals surface area contributed by atoms with Gasteiger partial charge in [0.05, 0.1) is 0 Å². The molecule has 0 radical (unpaired) electrons. The van der Waals surface area contributed by atoms with Crippen molar-refractivity contribution in [3.8, 4) is 0 Å². The van der Waals surface area contributed by atoms with E-state index in [4.69, 9.17) is 0 Å². The SMILES string of the molecule is O=S=c1[nH]cc[nH]1. The Balaban J connectivity index is 3.50. The lowest BCUT2D eigenvalue weighted by Gasteiger charge is -1.57. The van der Waals surface area contributed by atoms with Crippen LogP contribution in [0.2, 0.25) is 0 Å². The lowest BCUT2D eigenvalue weighted by Crippen LogP contribution is -1.62. The molecule has 0 aliphatic carbocycles. The predicted molar refractivity (Wildman–Crippen MR) is 26.5 cm³/mol. The van der Waals surface area contributed by atoms with Gasteiger partial charge < -0.3 is 9.97 Å². The lowest BCUT2D eigenvalue weighted by molar-refractivity contribution is 0.699. The van der Waals surface area contributed by atoms with E-state index in [0.29, 0.717) is 16.0 Å². The lowest BCUT2D eigenvalue weighted by atomic mass is 11.0. The molecular weight excluding hydrogens is 112 g/mol. The van der Waals surface area contributed by atoms with Gasteiger partial charge in [0.1, 0.15) is 11.3 Å². The number of aromatic amines is 2. The molecule has 1 aromatic rings. The van der Waals surface area contributed by atoms with Crippen molar-refractivity contribution in [2.45, 2.75) is 0 Å². The summed E-state index contributed by atoms with van der Waals surface area (Å²) in [6, 6.07) is 0. The highest BCUT2D eigenvalue weighted by Gasteiger charge is 1.68. The Labute approximate surface area is 43.5 Å². The summed E-state index contributed by atoms with van der Waals surface area (Å²) in [4.78, 5) is 5.36. The predicted octanol–water partition coefficient (Wildman–Crippen LogP) is 0.0878. The van der Waals surface area contributed by atoms with Crippen molar-refractivity contribution in [1.82, 2.24) is 9.97 Å². The monoisotopic (exact) mass is 116 g/mol. The molecule has 0 atom stereocenters. The van der Waals surface area contributed by atoms with Gasteiger partial charge in [-0.05, 0) is 0 Å². The maximum atomic E-state index is 9.85. The molecule has 2 N–H and O–H groups in total. The maximum absolute atomic E-state index is 9.85. The van der Waals surface area contributed by atoms with E-state index in [9.17, 15) is 4.21 Å². The molecule has 38 valence electrons. The van der Waals surface area contributed by atoms with Crippen molar-refractivity contribution in [3.63, 3.8) is 0 Å². The van der Waals surface area contributed by atoms with Crippen LogP contribution in [-0.4, -0.2) is 14.2 Å². The molecule has 0 fully saturated rings. The first-order valence-electron chi connectivity index (χ1n) is 1.78. The summed E-state index contributed by atoms with van der Waals surface area (Å²) in [6.07, 6.45) is 3.33. The second kappa shape index (κ2) is 1.79. The summed E-state index contributed by atoms with van der Waals surface area (Å²) in [5, 5.41) is 0. The molecule has 0 aliphatic heterocycles. The molecule has 1 aromatic heterocycles. The number of aromatic nitrogens is 2. The second-order valence-electron chi connectivity index (χ2n) is 1.03. The molecule has 0 saturated heterocycles. The van der Waals surface area contributed by atoms with Gasteiger partial charge in [-0.3, -0.25) is 0 Å². The van der Waals surface area contributed by atoms with Crippen LogP contribution in [0, 0.1) is 4.77 Å². The Morgan fingerprint density at radius 2 is 2.00 bits per heavy atom. The van der Waals surface area contributed by atoms with Crippen LogP contribution in [0.1, 0.15) is 0 Å². The van der Waals surface area contributed by atoms with Crippen molar-refractivity contribution < 1.29 is 4.21 Å². The van der Waals surface area contributed by atoms with Gasteiger partial charge in [-0.15, -0.1) is 0 Å². The van der Waals surface area contributed by atoms with Crippen LogP contribution in [0.3, 0.4) is 0 Å². The summed E-state index contributed by atoms with van der Waals surface area (Å²) in [5.41, 5.74) is 0. The molecule has 0 bridgehead atoms. The fourth-order valence-electron chi connectivity index (χ4n) is 0.324. The van der Waals surface area contributed by atoms with Crippen LogP contribution < -0.4 is 0 Å². The van der Waals surface area contributed by atoms with Crippen molar-refractivity contribution >= 4 is 11.3 Å². The highest BCUT2D eigenvalue weighted by atomic mass is 32.1. The van der Waals surface area contributed by atoms with E-state index in [1.165, 1.54) is 0 Å². The average Bonchev–Trinajstić information content (AvgIpc) is 2.14. The van der Waals surface area contributed by atoms with Crippen LogP contribution in [0.15, 0.2) is 12.4 Å². The number of nitrogens with one attached hydrogen (secondary N) is 2. The molecule has 0 saturated carbocycles. The van der Waals surface area contributed by atoms with E-state index in [1.54, 1.807) is 12.4 Å². The molecule has 0 amide bonds. The Bertz CT molecular complexity index is 202. The van der Waals surface area contributed by atoms with E-state index in [0.717, 1.165) is 0 Å². The summed E-state index contributed by atoms with van der Waals surface area (Å²) in [7, 11) is 0. The first kappa shape index (κ1) is 4.39. The van der Waals surface area contributed by atoms with E-state index in [1.807, 2.05) is 0 Å². The van der Waals surface area contributed by atoms with E-state index in [-0.39, 0.29) is 0 Å². The van der Waals surface area contributed by atoms with Crippen molar-refractivity contribution in [3.05, 3.63) is 17.2 Å². The average molecular weight is 116 g/mol. The standard InChI is InChI=1S/C3H4N2OS/c6-7-3-4-1-2-5-3/h1-2,4-5H. The molecule has 1 rings (SSSR count). The fourth-order valence-corrected chi connectivity index (χ4v) is 0.557. The summed E-state index contributed by atoms with van der Waals surface area (Å²) in [5.74, 6) is 0. The Morgan fingerprint density at radius 1 is 1.43 bits per heavy atom. The Hall–Kier alpha value is -0.770. The zero-order valence-electron chi connectivity index (χ0n) is 3.47. The molecule has 0 aromatic carbocycles. The van der Waals surface area contributed by atoms with Gasteiger partial charge in [0.2, 0.25) is 4.77 Å². The van der Waals surface area contributed by atoms with Gasteiger partial charge in [0.25, 0.3) is 0 Å². The Kier molecular flexibility index (Phi) is 1.12. The van der Waals surface area contributed by atoms with Crippen LogP contribution in [0.4, 0.5) is 0 Å². The molecule has 0 unspecified atom stereocenters. The van der Waals surface area contributed by atoms with Gasteiger partial charge in [0.15, 0.2) is 0 Å². The highest BCUT2D eigenvalue weighted by molar-refractivity contribution is 7.56. The van der Waals surface area contributed by atoms with E-state index < -0.39 is 0 Å². The van der Waals surface area contributed by atoms with Crippen LogP contribution in [0.5, 0.6) is 0 Å².